The van der Waals surface area contributed by atoms with Gasteiger partial charge in [0.05, 0.1) is 11.2 Å². The number of benzene rings is 2. The Labute approximate surface area is 142 Å². The molecule has 0 atom stereocenters. The van der Waals surface area contributed by atoms with Crippen LogP contribution in [0.1, 0.15) is 31.9 Å². The molecule has 0 aliphatic heterocycles. The van der Waals surface area contributed by atoms with Crippen molar-refractivity contribution in [2.45, 2.75) is 31.9 Å². The third-order valence-corrected chi connectivity index (χ3v) is 4.79. The summed E-state index contributed by atoms with van der Waals surface area (Å²) >= 11 is 1.73. The number of aromatic hydroxyl groups is 1. The standard InChI is InChI=1S/C20H23NOS/c1-20(2,3)16-11-15(13-23-4)19(22)18(12-16)21-10-9-14-7-5-6-8-17(14)21/h5-12,22H,13H2,1-4H3. The Morgan fingerprint density at radius 2 is 1.83 bits per heavy atom. The van der Waals surface area contributed by atoms with Crippen LogP contribution < -0.4 is 0 Å². The normalized spacial score (nSPS) is 12.0. The molecule has 1 heterocycles. The number of rotatable bonds is 3. The molecule has 0 aliphatic rings. The van der Waals surface area contributed by atoms with E-state index in [4.69, 9.17) is 0 Å². The molecule has 23 heavy (non-hydrogen) atoms. The van der Waals surface area contributed by atoms with Crippen LogP contribution in [-0.4, -0.2) is 15.9 Å². The van der Waals surface area contributed by atoms with Gasteiger partial charge in [-0.25, -0.2) is 0 Å². The minimum Gasteiger partial charge on any atom is -0.505 e. The Kier molecular flexibility index (Phi) is 4.15. The smallest absolute Gasteiger partial charge is 0.143 e. The van der Waals surface area contributed by atoms with Crippen molar-refractivity contribution in [2.75, 3.05) is 6.26 Å². The molecule has 0 saturated carbocycles. The molecular weight excluding hydrogens is 302 g/mol. The zero-order valence-corrected chi connectivity index (χ0v) is 14.9. The molecule has 2 aromatic carbocycles. The maximum Gasteiger partial charge on any atom is 0.143 e. The molecule has 1 N–H and O–H groups in total. The average Bonchev–Trinajstić information content (AvgIpc) is 2.92. The van der Waals surface area contributed by atoms with E-state index in [9.17, 15) is 5.11 Å². The van der Waals surface area contributed by atoms with E-state index in [1.165, 1.54) is 10.9 Å². The van der Waals surface area contributed by atoms with E-state index in [2.05, 4.69) is 61.9 Å². The number of para-hydroxylation sites is 1. The first-order chi connectivity index (χ1) is 10.9. The van der Waals surface area contributed by atoms with Crippen LogP contribution in [0.2, 0.25) is 0 Å². The molecule has 1 aromatic heterocycles. The average molecular weight is 325 g/mol. The number of hydrogen-bond donors (Lipinski definition) is 1. The second-order valence-electron chi connectivity index (χ2n) is 6.93. The van der Waals surface area contributed by atoms with Crippen molar-refractivity contribution < 1.29 is 5.11 Å². The fourth-order valence-corrected chi connectivity index (χ4v) is 3.38. The van der Waals surface area contributed by atoms with E-state index in [1.54, 1.807) is 11.8 Å². The maximum absolute atomic E-state index is 10.8. The van der Waals surface area contributed by atoms with Crippen molar-refractivity contribution in [1.82, 2.24) is 4.57 Å². The van der Waals surface area contributed by atoms with Crippen molar-refractivity contribution in [2.24, 2.45) is 0 Å². The second kappa shape index (κ2) is 5.97. The Morgan fingerprint density at radius 3 is 2.52 bits per heavy atom. The van der Waals surface area contributed by atoms with Crippen molar-refractivity contribution in [3.8, 4) is 11.4 Å². The first-order valence-corrected chi connectivity index (χ1v) is 9.23. The van der Waals surface area contributed by atoms with E-state index in [0.29, 0.717) is 5.75 Å². The largest absolute Gasteiger partial charge is 0.505 e. The first kappa shape index (κ1) is 16.0. The lowest BCUT2D eigenvalue weighted by Crippen LogP contribution is -2.12. The lowest BCUT2D eigenvalue weighted by molar-refractivity contribution is 0.466. The van der Waals surface area contributed by atoms with Gasteiger partial charge in [-0.1, -0.05) is 45.0 Å². The van der Waals surface area contributed by atoms with Gasteiger partial charge in [0.15, 0.2) is 0 Å². The van der Waals surface area contributed by atoms with E-state index in [1.807, 2.05) is 18.3 Å². The zero-order valence-electron chi connectivity index (χ0n) is 14.1. The maximum atomic E-state index is 10.8. The van der Waals surface area contributed by atoms with Crippen molar-refractivity contribution >= 4 is 22.7 Å². The highest BCUT2D eigenvalue weighted by molar-refractivity contribution is 7.97. The summed E-state index contributed by atoms with van der Waals surface area (Å²) in [6.07, 6.45) is 4.10. The van der Waals surface area contributed by atoms with Crippen LogP contribution in [0.5, 0.6) is 5.75 Å². The number of fused-ring (bicyclic) bond motifs is 1. The quantitative estimate of drug-likeness (QED) is 0.688. The van der Waals surface area contributed by atoms with E-state index in [-0.39, 0.29) is 5.41 Å². The molecule has 3 aromatic rings. The molecule has 120 valence electrons. The summed E-state index contributed by atoms with van der Waals surface area (Å²) in [4.78, 5) is 0. The van der Waals surface area contributed by atoms with Gasteiger partial charge in [-0.3, -0.25) is 0 Å². The van der Waals surface area contributed by atoms with Crippen LogP contribution in [0, 0.1) is 0 Å². The molecule has 3 heteroatoms. The Hall–Kier alpha value is -1.87. The monoisotopic (exact) mass is 325 g/mol. The number of thioether (sulfide) groups is 1. The first-order valence-electron chi connectivity index (χ1n) is 7.83. The second-order valence-corrected chi connectivity index (χ2v) is 7.80. The number of hydrogen-bond acceptors (Lipinski definition) is 2. The Bertz CT molecular complexity index is 842. The topological polar surface area (TPSA) is 25.2 Å². The molecular formula is C20H23NOS. The third kappa shape index (κ3) is 2.98. The molecule has 0 amide bonds. The zero-order chi connectivity index (χ0) is 16.6. The van der Waals surface area contributed by atoms with Crippen LogP contribution in [0.4, 0.5) is 0 Å². The number of nitrogens with zero attached hydrogens (tertiary/aromatic N) is 1. The fourth-order valence-electron chi connectivity index (χ4n) is 2.85. The minimum absolute atomic E-state index is 0.0402. The third-order valence-electron chi connectivity index (χ3n) is 4.19. The van der Waals surface area contributed by atoms with Gasteiger partial charge in [0, 0.05) is 17.5 Å². The van der Waals surface area contributed by atoms with E-state index >= 15 is 0 Å². The molecule has 0 radical (unpaired) electrons. The summed E-state index contributed by atoms with van der Waals surface area (Å²) in [5, 5.41) is 12.0. The highest BCUT2D eigenvalue weighted by Crippen LogP contribution is 2.36. The molecule has 0 aliphatic carbocycles. The lowest BCUT2D eigenvalue weighted by atomic mass is 9.85. The lowest BCUT2D eigenvalue weighted by Gasteiger charge is -2.23. The van der Waals surface area contributed by atoms with Gasteiger partial charge in [-0.15, -0.1) is 0 Å². The summed E-state index contributed by atoms with van der Waals surface area (Å²) in [6, 6.07) is 14.6. The van der Waals surface area contributed by atoms with Gasteiger partial charge in [0.2, 0.25) is 0 Å². The Balaban J connectivity index is 2.27. The SMILES string of the molecule is CSCc1cc(C(C)(C)C)cc(-n2ccc3ccccc32)c1O. The van der Waals surface area contributed by atoms with E-state index < -0.39 is 0 Å². The molecule has 0 bridgehead atoms. The van der Waals surface area contributed by atoms with Gasteiger partial charge in [-0.2, -0.15) is 11.8 Å². The number of aromatic nitrogens is 1. The van der Waals surface area contributed by atoms with Crippen LogP contribution >= 0.6 is 11.8 Å². The van der Waals surface area contributed by atoms with Gasteiger partial charge in [0.25, 0.3) is 0 Å². The molecule has 3 rings (SSSR count). The summed E-state index contributed by atoms with van der Waals surface area (Å²) in [5.74, 6) is 1.19. The van der Waals surface area contributed by atoms with Crippen LogP contribution in [0.3, 0.4) is 0 Å². The molecule has 0 unspecified atom stereocenters. The predicted molar refractivity (Wildman–Crippen MR) is 101 cm³/mol. The fraction of sp³-hybridized carbons (Fsp3) is 0.300. The summed E-state index contributed by atoms with van der Waals surface area (Å²) < 4.78 is 2.09. The molecule has 0 fully saturated rings. The van der Waals surface area contributed by atoms with Gasteiger partial charge in [0.1, 0.15) is 5.75 Å². The number of phenolic OH excluding ortho intramolecular Hbond substituents is 1. The summed E-state index contributed by atoms with van der Waals surface area (Å²) in [7, 11) is 0. The van der Waals surface area contributed by atoms with Crippen LogP contribution in [-0.2, 0) is 11.2 Å². The number of phenols is 1. The summed E-state index contributed by atoms with van der Waals surface area (Å²) in [5.41, 5.74) is 4.26. The van der Waals surface area contributed by atoms with Gasteiger partial charge >= 0.3 is 0 Å². The van der Waals surface area contributed by atoms with Crippen LogP contribution in [0.25, 0.3) is 16.6 Å². The highest BCUT2D eigenvalue weighted by atomic mass is 32.2. The molecule has 2 nitrogen and oxygen atoms in total. The van der Waals surface area contributed by atoms with Gasteiger partial charge in [-0.05, 0) is 40.8 Å². The van der Waals surface area contributed by atoms with Crippen molar-refractivity contribution in [3.05, 3.63) is 59.8 Å². The predicted octanol–water partition coefficient (Wildman–Crippen LogP) is 5.50. The van der Waals surface area contributed by atoms with Gasteiger partial charge < -0.3 is 9.67 Å². The highest BCUT2D eigenvalue weighted by Gasteiger charge is 2.20. The molecule has 0 spiro atoms. The van der Waals surface area contributed by atoms with Crippen LogP contribution in [0.15, 0.2) is 48.7 Å². The Morgan fingerprint density at radius 1 is 1.09 bits per heavy atom. The van der Waals surface area contributed by atoms with E-state index in [0.717, 1.165) is 22.5 Å². The van der Waals surface area contributed by atoms with Crippen molar-refractivity contribution in [1.29, 1.82) is 0 Å². The minimum atomic E-state index is 0.0402. The van der Waals surface area contributed by atoms with Crippen molar-refractivity contribution in [3.63, 3.8) is 0 Å². The molecule has 0 saturated heterocycles. The summed E-state index contributed by atoms with van der Waals surface area (Å²) in [6.45, 7) is 6.62.